The summed E-state index contributed by atoms with van der Waals surface area (Å²) in [5.41, 5.74) is 3.64. The maximum atomic E-state index is 13.4. The molecule has 1 aromatic rings. The number of aromatic nitrogens is 1. The molecule has 3 saturated heterocycles. The van der Waals surface area contributed by atoms with Crippen LogP contribution < -0.4 is 58.7 Å². The van der Waals surface area contributed by atoms with E-state index in [4.69, 9.17) is 19.0 Å². The SMILES string of the molecule is O=C(CCCCCNC(=O)c1ccc(NNC(=O)C(F)(F)F)nc1)NCCCCCC(=O)NCCCCC(NC(=O)CCC(=O)NCCCCCC(=O)ON1C(=O)CCC1=O)C(=O)NCCCOCCOCCOCCCNC(=O)CCCCC1SCC2NC(=O)NC21. The lowest BCUT2D eigenvalue weighted by Crippen LogP contribution is -2.47. The molecule has 3 aliphatic heterocycles. The molecule has 3 aliphatic rings. The standard InChI is InChI=1S/C60H94F3N13O16S/c61-60(62,63)58(87)75-74-46-23-22-42(40-70-46)56(85)68-31-12-2-5-19-47(77)64-28-10-1-4-18-48(78)65-30-13-9-16-43(71-51(81)25-24-50(80)66-29-11-3-6-21-54(84)92-76-52(82)26-27-53(76)83)57(86)69-33-15-35-90-37-39-91-38-36-89-34-14-32-67-49(79)20-8-7-17-45-55-44(41-93-45)72-59(88)73-55/h22-23,40,43-45,55H,1-21,24-39,41H2,(H,64,77)(H,65,78)(H,66,80)(H,67,79)(H,68,85)(H,69,86)(H,70,74)(H,71,81)(H,75,87)(H2,72,73,88). The molecule has 0 radical (unpaired) electrons. The van der Waals surface area contributed by atoms with Gasteiger partial charge in [0.15, 0.2) is 0 Å². The molecule has 0 spiro atoms. The zero-order chi connectivity index (χ0) is 67.5. The van der Waals surface area contributed by atoms with Crippen molar-refractivity contribution in [2.45, 2.75) is 190 Å². The number of fused-ring (bicyclic) bond motifs is 1. The first-order chi connectivity index (χ1) is 44.8. The largest absolute Gasteiger partial charge is 0.472 e. The molecule has 0 saturated carbocycles. The molecule has 0 aromatic carbocycles. The van der Waals surface area contributed by atoms with Crippen LogP contribution in [0.1, 0.15) is 171 Å². The van der Waals surface area contributed by atoms with Gasteiger partial charge in [-0.2, -0.15) is 24.9 Å². The average Bonchev–Trinajstić information content (AvgIpc) is 1.69. The third-order valence-electron chi connectivity index (χ3n) is 14.8. The number of nitrogens with zero attached hydrogens (tertiary/aromatic N) is 2. The topological polar surface area (TPSA) is 390 Å². The lowest BCUT2D eigenvalue weighted by Gasteiger charge is -2.19. The van der Waals surface area contributed by atoms with E-state index in [1.165, 1.54) is 17.6 Å². The number of urea groups is 1. The maximum absolute atomic E-state index is 13.4. The van der Waals surface area contributed by atoms with Gasteiger partial charge in [0, 0.05) is 121 Å². The first kappa shape index (κ1) is 78.1. The first-order valence-electron chi connectivity index (χ1n) is 32.3. The Morgan fingerprint density at radius 2 is 1.08 bits per heavy atom. The summed E-state index contributed by atoms with van der Waals surface area (Å²) in [6.45, 7) is 4.47. The second kappa shape index (κ2) is 45.8. The number of carbonyl (C=O) groups is 12. The lowest BCUT2D eigenvalue weighted by atomic mass is 10.0. The van der Waals surface area contributed by atoms with Crippen LogP contribution in [0.5, 0.6) is 0 Å². The van der Waals surface area contributed by atoms with Gasteiger partial charge >= 0.3 is 24.1 Å². The van der Waals surface area contributed by atoms with Crippen molar-refractivity contribution >= 4 is 88.7 Å². The number of unbranched alkanes of at least 4 members (excludes halogenated alkanes) is 8. The van der Waals surface area contributed by atoms with E-state index in [1.54, 1.807) is 0 Å². The van der Waals surface area contributed by atoms with E-state index in [1.807, 2.05) is 17.2 Å². The molecule has 4 rings (SSSR count). The average molecular weight is 1340 g/mol. The molecule has 12 amide bonds. The normalized spacial score (nSPS) is 16.1. The molecule has 522 valence electrons. The van der Waals surface area contributed by atoms with Crippen molar-refractivity contribution in [1.82, 2.24) is 63.3 Å². The van der Waals surface area contributed by atoms with Gasteiger partial charge in [0.1, 0.15) is 11.9 Å². The van der Waals surface area contributed by atoms with E-state index in [0.717, 1.165) is 31.2 Å². The fraction of sp³-hybridized carbons (Fsp3) is 0.717. The lowest BCUT2D eigenvalue weighted by molar-refractivity contribution is -0.197. The number of rotatable bonds is 51. The number of amides is 12. The Hall–Kier alpha value is -7.39. The number of halogens is 3. The minimum atomic E-state index is -5.07. The van der Waals surface area contributed by atoms with Crippen LogP contribution in [-0.2, 0) is 67.0 Å². The Morgan fingerprint density at radius 1 is 0.570 bits per heavy atom. The van der Waals surface area contributed by atoms with E-state index in [-0.39, 0.29) is 105 Å². The molecule has 4 atom stereocenters. The smallest absolute Gasteiger partial charge is 0.379 e. The number of ether oxygens (including phenoxy) is 3. The molecule has 1 aromatic heterocycles. The molecule has 4 heterocycles. The Morgan fingerprint density at radius 3 is 1.65 bits per heavy atom. The van der Waals surface area contributed by atoms with Crippen LogP contribution in [-0.4, -0.2) is 195 Å². The predicted molar refractivity (Wildman–Crippen MR) is 333 cm³/mol. The number of hydrogen-bond acceptors (Lipinski definition) is 19. The van der Waals surface area contributed by atoms with Crippen molar-refractivity contribution < 1.29 is 89.8 Å². The highest BCUT2D eigenvalue weighted by atomic mass is 32.2. The van der Waals surface area contributed by atoms with E-state index < -0.39 is 53.6 Å². The number of pyridine rings is 1. The number of anilines is 1. The molecule has 3 fully saturated rings. The minimum Gasteiger partial charge on any atom is -0.379 e. The highest BCUT2D eigenvalue weighted by Gasteiger charge is 2.43. The van der Waals surface area contributed by atoms with E-state index in [0.29, 0.717) is 179 Å². The first-order valence-corrected chi connectivity index (χ1v) is 33.3. The zero-order valence-electron chi connectivity index (χ0n) is 52.9. The Labute approximate surface area is 543 Å². The second-order valence-electron chi connectivity index (χ2n) is 22.5. The molecule has 11 N–H and O–H groups in total. The van der Waals surface area contributed by atoms with Crippen molar-refractivity contribution in [3.05, 3.63) is 23.9 Å². The summed E-state index contributed by atoms with van der Waals surface area (Å²) in [6, 6.07) is 1.94. The summed E-state index contributed by atoms with van der Waals surface area (Å²) < 4.78 is 53.8. The summed E-state index contributed by atoms with van der Waals surface area (Å²) in [5, 5.41) is 26.5. The Bertz CT molecular complexity index is 2530. The predicted octanol–water partition coefficient (Wildman–Crippen LogP) is 2.68. The molecule has 33 heteroatoms. The van der Waals surface area contributed by atoms with Gasteiger partial charge in [-0.05, 0) is 95.6 Å². The van der Waals surface area contributed by atoms with E-state index in [2.05, 4.69) is 52.8 Å². The monoisotopic (exact) mass is 1340 g/mol. The minimum absolute atomic E-state index is 0.00126. The Balaban J connectivity index is 1.00. The number of thioether (sulfide) groups is 1. The van der Waals surface area contributed by atoms with Crippen molar-refractivity contribution in [3.8, 4) is 0 Å². The Kier molecular flexibility index (Phi) is 38.5. The van der Waals surface area contributed by atoms with Crippen LogP contribution in [0.3, 0.4) is 0 Å². The van der Waals surface area contributed by atoms with Gasteiger partial charge in [-0.25, -0.2) is 14.6 Å². The highest BCUT2D eigenvalue weighted by Crippen LogP contribution is 2.33. The van der Waals surface area contributed by atoms with Gasteiger partial charge < -0.3 is 66.9 Å². The van der Waals surface area contributed by atoms with Gasteiger partial charge in [-0.3, -0.25) is 58.8 Å². The molecule has 93 heavy (non-hydrogen) atoms. The number of imide groups is 1. The molecular weight excluding hydrogens is 1250 g/mol. The third-order valence-corrected chi connectivity index (χ3v) is 16.3. The number of carbonyl (C=O) groups excluding carboxylic acids is 12. The zero-order valence-corrected chi connectivity index (χ0v) is 53.7. The molecule has 29 nitrogen and oxygen atoms in total. The van der Waals surface area contributed by atoms with E-state index in [9.17, 15) is 70.7 Å². The van der Waals surface area contributed by atoms with E-state index >= 15 is 0 Å². The summed E-state index contributed by atoms with van der Waals surface area (Å²) >= 11 is 1.87. The fourth-order valence-corrected chi connectivity index (χ4v) is 11.2. The number of hydrazine groups is 1. The van der Waals surface area contributed by atoms with Crippen LogP contribution in [0.2, 0.25) is 0 Å². The van der Waals surface area contributed by atoms with Crippen LogP contribution in [0.25, 0.3) is 0 Å². The van der Waals surface area contributed by atoms with Crippen LogP contribution in [0.15, 0.2) is 18.3 Å². The van der Waals surface area contributed by atoms with Crippen molar-refractivity contribution in [2.75, 3.05) is 90.1 Å². The fourth-order valence-electron chi connectivity index (χ4n) is 9.65. The van der Waals surface area contributed by atoms with Crippen molar-refractivity contribution in [2.24, 2.45) is 0 Å². The molecule has 0 bridgehead atoms. The summed E-state index contributed by atoms with van der Waals surface area (Å²) in [4.78, 5) is 155. The van der Waals surface area contributed by atoms with Gasteiger partial charge in [0.2, 0.25) is 35.4 Å². The molecule has 4 unspecified atom stereocenters. The van der Waals surface area contributed by atoms with Crippen LogP contribution >= 0.6 is 11.8 Å². The van der Waals surface area contributed by atoms with Gasteiger partial charge in [0.05, 0.1) is 44.1 Å². The number of alkyl halides is 3. The maximum Gasteiger partial charge on any atom is 0.472 e. The van der Waals surface area contributed by atoms with Crippen molar-refractivity contribution in [1.29, 1.82) is 0 Å². The molecule has 0 aliphatic carbocycles. The van der Waals surface area contributed by atoms with Crippen LogP contribution in [0, 0.1) is 0 Å². The quantitative estimate of drug-likeness (QED) is 0.0193. The number of nitrogens with one attached hydrogen (secondary N) is 11. The summed E-state index contributed by atoms with van der Waals surface area (Å²) in [7, 11) is 0. The summed E-state index contributed by atoms with van der Waals surface area (Å²) in [5.74, 6) is -5.15. The second-order valence-corrected chi connectivity index (χ2v) is 23.7. The van der Waals surface area contributed by atoms with Gasteiger partial charge in [-0.1, -0.05) is 25.7 Å². The number of hydrogen-bond donors (Lipinski definition) is 11. The van der Waals surface area contributed by atoms with Crippen molar-refractivity contribution in [3.63, 3.8) is 0 Å². The molecular formula is C60H94F3N13O16S. The highest BCUT2D eigenvalue weighted by molar-refractivity contribution is 8.00. The van der Waals surface area contributed by atoms with Gasteiger partial charge in [-0.15, -0.1) is 5.06 Å². The summed E-state index contributed by atoms with van der Waals surface area (Å²) in [6.07, 6.45) is 7.28. The number of hydroxylamine groups is 2. The van der Waals surface area contributed by atoms with Crippen LogP contribution in [0.4, 0.5) is 23.8 Å². The third kappa shape index (κ3) is 34.9. The van der Waals surface area contributed by atoms with Gasteiger partial charge in [0.25, 0.3) is 17.7 Å².